The highest BCUT2D eigenvalue weighted by Gasteiger charge is 2.16. The average Bonchev–Trinajstić information content (AvgIpc) is 2.81. The molecule has 0 aliphatic rings. The second-order valence-electron chi connectivity index (χ2n) is 3.76. The fourth-order valence-electron chi connectivity index (χ4n) is 1.49. The van der Waals surface area contributed by atoms with Gasteiger partial charge in [-0.2, -0.15) is 5.10 Å². The van der Waals surface area contributed by atoms with Crippen LogP contribution in [0.5, 0.6) is 0 Å². The number of hydrogen-bond donors (Lipinski definition) is 1. The number of aryl methyl sites for hydroxylation is 1. The molecule has 0 radical (unpaired) electrons. The van der Waals surface area contributed by atoms with Gasteiger partial charge in [0.05, 0.1) is 6.54 Å². The number of amides is 1. The molecule has 1 amide bonds. The SMILES string of the molecule is Cc1cccnc1C(=O)N(C)Cc1ncn[nH]1. The molecule has 6 nitrogen and oxygen atoms in total. The van der Waals surface area contributed by atoms with E-state index in [4.69, 9.17) is 0 Å². The number of H-pyrrole nitrogens is 1. The number of carbonyl (C=O) groups is 1. The van der Waals surface area contributed by atoms with Gasteiger partial charge in [0.1, 0.15) is 17.8 Å². The first-order valence-corrected chi connectivity index (χ1v) is 5.20. The molecule has 0 fully saturated rings. The Hall–Kier alpha value is -2.24. The van der Waals surface area contributed by atoms with Gasteiger partial charge in [0.2, 0.25) is 0 Å². The largest absolute Gasteiger partial charge is 0.333 e. The summed E-state index contributed by atoms with van der Waals surface area (Å²) in [6.45, 7) is 2.25. The summed E-state index contributed by atoms with van der Waals surface area (Å²) >= 11 is 0. The van der Waals surface area contributed by atoms with Gasteiger partial charge < -0.3 is 4.90 Å². The highest BCUT2D eigenvalue weighted by Crippen LogP contribution is 2.07. The van der Waals surface area contributed by atoms with E-state index in [-0.39, 0.29) is 5.91 Å². The summed E-state index contributed by atoms with van der Waals surface area (Å²) in [6.07, 6.45) is 3.03. The van der Waals surface area contributed by atoms with Gasteiger partial charge in [0, 0.05) is 13.2 Å². The van der Waals surface area contributed by atoms with Gasteiger partial charge >= 0.3 is 0 Å². The molecule has 0 aromatic carbocycles. The van der Waals surface area contributed by atoms with E-state index in [1.807, 2.05) is 19.1 Å². The third-order valence-electron chi connectivity index (χ3n) is 2.41. The van der Waals surface area contributed by atoms with E-state index in [0.717, 1.165) is 5.56 Å². The summed E-state index contributed by atoms with van der Waals surface area (Å²) < 4.78 is 0. The maximum Gasteiger partial charge on any atom is 0.272 e. The fourth-order valence-corrected chi connectivity index (χ4v) is 1.49. The second kappa shape index (κ2) is 4.73. The fraction of sp³-hybridized carbons (Fsp3) is 0.273. The molecule has 0 saturated heterocycles. The van der Waals surface area contributed by atoms with Crippen molar-refractivity contribution in [3.05, 3.63) is 41.7 Å². The molecule has 6 heteroatoms. The van der Waals surface area contributed by atoms with Crippen molar-refractivity contribution in [2.45, 2.75) is 13.5 Å². The van der Waals surface area contributed by atoms with Crippen molar-refractivity contribution in [3.63, 3.8) is 0 Å². The van der Waals surface area contributed by atoms with Crippen LogP contribution in [0.4, 0.5) is 0 Å². The predicted octanol–water partition coefficient (Wildman–Crippen LogP) is 0.780. The van der Waals surface area contributed by atoms with Crippen LogP contribution in [-0.4, -0.2) is 38.0 Å². The van der Waals surface area contributed by atoms with Crippen molar-refractivity contribution < 1.29 is 4.79 Å². The van der Waals surface area contributed by atoms with Crippen molar-refractivity contribution >= 4 is 5.91 Å². The van der Waals surface area contributed by atoms with Gasteiger partial charge in [-0.1, -0.05) is 6.07 Å². The zero-order chi connectivity index (χ0) is 12.3. The lowest BCUT2D eigenvalue weighted by Crippen LogP contribution is -2.28. The van der Waals surface area contributed by atoms with Crippen LogP contribution in [-0.2, 0) is 6.54 Å². The maximum atomic E-state index is 12.1. The molecule has 1 N–H and O–H groups in total. The Morgan fingerprint density at radius 2 is 2.29 bits per heavy atom. The zero-order valence-corrected chi connectivity index (χ0v) is 9.71. The molecular weight excluding hydrogens is 218 g/mol. The summed E-state index contributed by atoms with van der Waals surface area (Å²) in [6, 6.07) is 3.67. The molecule has 0 saturated carbocycles. The molecule has 2 aromatic heterocycles. The van der Waals surface area contributed by atoms with Gasteiger partial charge in [-0.3, -0.25) is 14.9 Å². The summed E-state index contributed by atoms with van der Waals surface area (Å²) in [7, 11) is 1.71. The van der Waals surface area contributed by atoms with Gasteiger partial charge in [-0.05, 0) is 18.6 Å². The molecule has 0 unspecified atom stereocenters. The van der Waals surface area contributed by atoms with Crippen LogP contribution in [0.1, 0.15) is 21.9 Å². The Balaban J connectivity index is 2.13. The Labute approximate surface area is 98.7 Å². The van der Waals surface area contributed by atoms with Crippen molar-refractivity contribution in [3.8, 4) is 0 Å². The van der Waals surface area contributed by atoms with E-state index in [0.29, 0.717) is 18.1 Å². The molecule has 2 rings (SSSR count). The van der Waals surface area contributed by atoms with Crippen LogP contribution in [0.15, 0.2) is 24.7 Å². The second-order valence-corrected chi connectivity index (χ2v) is 3.76. The zero-order valence-electron chi connectivity index (χ0n) is 9.71. The summed E-state index contributed by atoms with van der Waals surface area (Å²) in [4.78, 5) is 21.7. The summed E-state index contributed by atoms with van der Waals surface area (Å²) in [5.74, 6) is 0.522. The van der Waals surface area contributed by atoms with E-state index < -0.39 is 0 Å². The van der Waals surface area contributed by atoms with Crippen LogP contribution in [0.3, 0.4) is 0 Å². The third-order valence-corrected chi connectivity index (χ3v) is 2.41. The average molecular weight is 231 g/mol. The Kier molecular flexibility index (Phi) is 3.13. The minimum absolute atomic E-state index is 0.125. The van der Waals surface area contributed by atoms with E-state index in [2.05, 4.69) is 20.2 Å². The number of aromatic nitrogens is 4. The highest BCUT2D eigenvalue weighted by molar-refractivity contribution is 5.93. The Morgan fingerprint density at radius 1 is 1.47 bits per heavy atom. The van der Waals surface area contributed by atoms with E-state index in [1.165, 1.54) is 6.33 Å². The lowest BCUT2D eigenvalue weighted by atomic mass is 10.2. The van der Waals surface area contributed by atoms with Gasteiger partial charge in [-0.25, -0.2) is 4.98 Å². The summed E-state index contributed by atoms with van der Waals surface area (Å²) in [5.41, 5.74) is 1.33. The molecular formula is C11H13N5O. The molecule has 17 heavy (non-hydrogen) atoms. The molecule has 0 bridgehead atoms. The minimum Gasteiger partial charge on any atom is -0.333 e. The quantitative estimate of drug-likeness (QED) is 0.847. The van der Waals surface area contributed by atoms with Crippen LogP contribution < -0.4 is 0 Å². The lowest BCUT2D eigenvalue weighted by Gasteiger charge is -2.15. The predicted molar refractivity (Wildman–Crippen MR) is 61.2 cm³/mol. The third kappa shape index (κ3) is 2.47. The Bertz CT molecular complexity index is 508. The number of rotatable bonds is 3. The number of carbonyl (C=O) groups excluding carboxylic acids is 1. The number of aromatic amines is 1. The molecule has 88 valence electrons. The highest BCUT2D eigenvalue weighted by atomic mass is 16.2. The number of nitrogens with zero attached hydrogens (tertiary/aromatic N) is 4. The van der Waals surface area contributed by atoms with Gasteiger partial charge in [0.15, 0.2) is 0 Å². The maximum absolute atomic E-state index is 12.1. The number of pyridine rings is 1. The molecule has 2 aromatic rings. The molecule has 0 spiro atoms. The molecule has 0 aliphatic carbocycles. The molecule has 0 aliphatic heterocycles. The number of hydrogen-bond acceptors (Lipinski definition) is 4. The summed E-state index contributed by atoms with van der Waals surface area (Å²) in [5, 5.41) is 6.45. The lowest BCUT2D eigenvalue weighted by molar-refractivity contribution is 0.0775. The standard InChI is InChI=1S/C11H13N5O/c1-8-4-3-5-12-10(8)11(17)16(2)6-9-13-7-14-15-9/h3-5,7H,6H2,1-2H3,(H,13,14,15). The number of nitrogens with one attached hydrogen (secondary N) is 1. The van der Waals surface area contributed by atoms with Crippen molar-refractivity contribution in [1.82, 2.24) is 25.1 Å². The van der Waals surface area contributed by atoms with Gasteiger partial charge in [0.25, 0.3) is 5.91 Å². The van der Waals surface area contributed by atoms with E-state index in [1.54, 1.807) is 18.1 Å². The van der Waals surface area contributed by atoms with Crippen LogP contribution in [0, 0.1) is 6.92 Å². The first-order valence-electron chi connectivity index (χ1n) is 5.20. The first-order chi connectivity index (χ1) is 8.18. The van der Waals surface area contributed by atoms with Crippen LogP contribution >= 0.6 is 0 Å². The van der Waals surface area contributed by atoms with Gasteiger partial charge in [-0.15, -0.1) is 0 Å². The van der Waals surface area contributed by atoms with E-state index in [9.17, 15) is 4.79 Å². The molecule has 2 heterocycles. The smallest absolute Gasteiger partial charge is 0.272 e. The topological polar surface area (TPSA) is 74.8 Å². The van der Waals surface area contributed by atoms with E-state index >= 15 is 0 Å². The monoisotopic (exact) mass is 231 g/mol. The van der Waals surface area contributed by atoms with Crippen molar-refractivity contribution in [1.29, 1.82) is 0 Å². The first kappa shape index (κ1) is 11.3. The van der Waals surface area contributed by atoms with Crippen LogP contribution in [0.25, 0.3) is 0 Å². The Morgan fingerprint density at radius 3 is 2.94 bits per heavy atom. The molecule has 0 atom stereocenters. The van der Waals surface area contributed by atoms with Crippen molar-refractivity contribution in [2.24, 2.45) is 0 Å². The van der Waals surface area contributed by atoms with Crippen molar-refractivity contribution in [2.75, 3.05) is 7.05 Å². The normalized spacial score (nSPS) is 10.2. The minimum atomic E-state index is -0.125. The van der Waals surface area contributed by atoms with Crippen LogP contribution in [0.2, 0.25) is 0 Å².